The van der Waals surface area contributed by atoms with E-state index >= 15 is 0 Å². The number of nitrogens with one attached hydrogen (secondary N) is 1. The van der Waals surface area contributed by atoms with E-state index in [9.17, 15) is 0 Å². The van der Waals surface area contributed by atoms with E-state index in [1.165, 1.54) is 12.1 Å². The number of hydrazone groups is 1. The summed E-state index contributed by atoms with van der Waals surface area (Å²) in [6, 6.07) is 6.24. The molecule has 0 bridgehead atoms. The van der Waals surface area contributed by atoms with Gasteiger partial charge in [0, 0.05) is 0 Å². The van der Waals surface area contributed by atoms with Crippen LogP contribution in [0.4, 0.5) is 5.69 Å². The van der Waals surface area contributed by atoms with Crippen molar-refractivity contribution in [3.8, 4) is 12.1 Å². The molecule has 0 unspecified atom stereocenters. The quantitative estimate of drug-likeness (QED) is 0.509. The first-order chi connectivity index (χ1) is 7.60. The second kappa shape index (κ2) is 5.58. The Labute approximate surface area is 107 Å². The van der Waals surface area contributed by atoms with Crippen LogP contribution >= 0.6 is 34.8 Å². The molecule has 1 aromatic rings. The highest BCUT2D eigenvalue weighted by Crippen LogP contribution is 2.35. The molecule has 0 aromatic heterocycles. The van der Waals surface area contributed by atoms with Gasteiger partial charge in [-0.3, -0.25) is 5.43 Å². The lowest BCUT2D eigenvalue weighted by Crippen LogP contribution is -1.97. The molecule has 0 radical (unpaired) electrons. The fourth-order valence-electron chi connectivity index (χ4n) is 0.803. The van der Waals surface area contributed by atoms with E-state index in [1.807, 2.05) is 0 Å². The average molecular weight is 274 g/mol. The van der Waals surface area contributed by atoms with Crippen LogP contribution in [0.5, 0.6) is 0 Å². The van der Waals surface area contributed by atoms with Crippen LogP contribution in [-0.2, 0) is 0 Å². The third-order valence-electron chi connectivity index (χ3n) is 1.54. The molecule has 0 atom stereocenters. The molecule has 1 rings (SSSR count). The van der Waals surface area contributed by atoms with Gasteiger partial charge in [-0.15, -0.1) is 0 Å². The third kappa shape index (κ3) is 2.77. The first kappa shape index (κ1) is 12.6. The molecule has 0 aliphatic carbocycles. The number of halogens is 3. The van der Waals surface area contributed by atoms with Crippen molar-refractivity contribution in [1.29, 1.82) is 10.5 Å². The Morgan fingerprint density at radius 3 is 2.31 bits per heavy atom. The van der Waals surface area contributed by atoms with Gasteiger partial charge < -0.3 is 0 Å². The van der Waals surface area contributed by atoms with Gasteiger partial charge in [-0.1, -0.05) is 34.8 Å². The Bertz CT molecular complexity index is 509. The molecule has 0 heterocycles. The number of hydrogen-bond donors (Lipinski definition) is 1. The Morgan fingerprint density at radius 2 is 1.75 bits per heavy atom. The van der Waals surface area contributed by atoms with Gasteiger partial charge in [0.1, 0.15) is 12.1 Å². The minimum absolute atomic E-state index is 0.174. The summed E-state index contributed by atoms with van der Waals surface area (Å²) in [5, 5.41) is 21.1. The standard InChI is InChI=1S/C9H3Cl3N4/c10-6-1-2-7(9(12)8(6)11)16-15-5(3-13)4-14/h1-2,16H. The number of benzene rings is 1. The lowest BCUT2D eigenvalue weighted by Gasteiger charge is -2.05. The van der Waals surface area contributed by atoms with Crippen molar-refractivity contribution in [1.82, 2.24) is 0 Å². The SMILES string of the molecule is N#CC(C#N)=NNc1ccc(Cl)c(Cl)c1Cl. The van der Waals surface area contributed by atoms with Crippen LogP contribution < -0.4 is 5.43 Å². The molecule has 1 N–H and O–H groups in total. The third-order valence-corrected chi connectivity index (χ3v) is 2.83. The van der Waals surface area contributed by atoms with Crippen molar-refractivity contribution in [2.75, 3.05) is 5.43 Å². The molecule has 7 heteroatoms. The summed E-state index contributed by atoms with van der Waals surface area (Å²) in [5.74, 6) is 0. The van der Waals surface area contributed by atoms with E-state index in [4.69, 9.17) is 45.3 Å². The maximum atomic E-state index is 8.45. The average Bonchev–Trinajstić information content (AvgIpc) is 2.30. The van der Waals surface area contributed by atoms with E-state index in [2.05, 4.69) is 10.5 Å². The second-order valence-electron chi connectivity index (χ2n) is 2.52. The molecule has 0 saturated heterocycles. The summed E-state index contributed by atoms with van der Waals surface area (Å²) in [5.41, 5.74) is 2.49. The van der Waals surface area contributed by atoms with E-state index in [0.717, 1.165) is 0 Å². The molecule has 1 aromatic carbocycles. The number of anilines is 1. The van der Waals surface area contributed by atoms with Crippen molar-refractivity contribution in [2.24, 2.45) is 5.10 Å². The van der Waals surface area contributed by atoms with E-state index in [0.29, 0.717) is 10.7 Å². The van der Waals surface area contributed by atoms with Gasteiger partial charge in [0.25, 0.3) is 0 Å². The van der Waals surface area contributed by atoms with Gasteiger partial charge in [-0.2, -0.15) is 15.6 Å². The zero-order valence-electron chi connectivity index (χ0n) is 7.63. The predicted molar refractivity (Wildman–Crippen MR) is 63.8 cm³/mol. The van der Waals surface area contributed by atoms with Crippen molar-refractivity contribution in [3.63, 3.8) is 0 Å². The van der Waals surface area contributed by atoms with Crippen LogP contribution in [-0.4, -0.2) is 5.71 Å². The molecule has 0 amide bonds. The van der Waals surface area contributed by atoms with Crippen molar-refractivity contribution in [3.05, 3.63) is 27.2 Å². The number of hydrogen-bond acceptors (Lipinski definition) is 4. The zero-order chi connectivity index (χ0) is 12.1. The number of rotatable bonds is 2. The highest BCUT2D eigenvalue weighted by Gasteiger charge is 2.08. The summed E-state index contributed by atoms with van der Waals surface area (Å²) in [7, 11) is 0. The van der Waals surface area contributed by atoms with Crippen LogP contribution in [0, 0.1) is 22.7 Å². The molecule has 0 spiro atoms. The normalized spacial score (nSPS) is 8.81. The summed E-state index contributed by atoms with van der Waals surface area (Å²) in [4.78, 5) is 0. The number of nitriles is 2. The minimum atomic E-state index is -0.317. The van der Waals surface area contributed by atoms with Crippen LogP contribution in [0.15, 0.2) is 17.2 Å². The van der Waals surface area contributed by atoms with Crippen molar-refractivity contribution >= 4 is 46.2 Å². The topological polar surface area (TPSA) is 72.0 Å². The highest BCUT2D eigenvalue weighted by molar-refractivity contribution is 6.49. The fraction of sp³-hybridized carbons (Fsp3) is 0. The fourth-order valence-corrected chi connectivity index (χ4v) is 1.38. The number of nitrogens with zero attached hydrogens (tertiary/aromatic N) is 3. The lowest BCUT2D eigenvalue weighted by molar-refractivity contribution is 1.34. The van der Waals surface area contributed by atoms with Gasteiger partial charge >= 0.3 is 0 Å². The van der Waals surface area contributed by atoms with Crippen LogP contribution in [0.2, 0.25) is 15.1 Å². The van der Waals surface area contributed by atoms with Crippen LogP contribution in [0.25, 0.3) is 0 Å². The van der Waals surface area contributed by atoms with Crippen LogP contribution in [0.3, 0.4) is 0 Å². The van der Waals surface area contributed by atoms with Gasteiger partial charge in [0.05, 0.1) is 20.8 Å². The molecule has 16 heavy (non-hydrogen) atoms. The molecule has 0 saturated carbocycles. The molecule has 80 valence electrons. The van der Waals surface area contributed by atoms with Gasteiger partial charge in [-0.05, 0) is 12.1 Å². The smallest absolute Gasteiger partial charge is 0.237 e. The summed E-state index contributed by atoms with van der Waals surface area (Å²) >= 11 is 17.4. The van der Waals surface area contributed by atoms with E-state index in [-0.39, 0.29) is 15.8 Å². The summed E-state index contributed by atoms with van der Waals surface area (Å²) < 4.78 is 0. The van der Waals surface area contributed by atoms with Gasteiger partial charge in [-0.25, -0.2) is 0 Å². The molecule has 0 aliphatic rings. The highest BCUT2D eigenvalue weighted by atomic mass is 35.5. The molecular formula is C9H3Cl3N4. The maximum absolute atomic E-state index is 8.45. The molecule has 4 nitrogen and oxygen atoms in total. The van der Waals surface area contributed by atoms with Crippen molar-refractivity contribution in [2.45, 2.75) is 0 Å². The Balaban J connectivity index is 3.02. The van der Waals surface area contributed by atoms with E-state index < -0.39 is 0 Å². The molecule has 0 aliphatic heterocycles. The predicted octanol–water partition coefficient (Wildman–Crippen LogP) is 3.46. The Morgan fingerprint density at radius 1 is 1.12 bits per heavy atom. The molecular weight excluding hydrogens is 270 g/mol. The summed E-state index contributed by atoms with van der Waals surface area (Å²) in [6.07, 6.45) is 0. The van der Waals surface area contributed by atoms with Gasteiger partial charge in [0.2, 0.25) is 5.71 Å². The van der Waals surface area contributed by atoms with Gasteiger partial charge in [0.15, 0.2) is 0 Å². The first-order valence-electron chi connectivity index (χ1n) is 3.87. The van der Waals surface area contributed by atoms with Crippen LogP contribution in [0.1, 0.15) is 0 Å². The lowest BCUT2D eigenvalue weighted by atomic mass is 10.3. The Kier molecular flexibility index (Phi) is 4.39. The Hall–Kier alpha value is -1.46. The minimum Gasteiger partial charge on any atom is -0.275 e. The summed E-state index contributed by atoms with van der Waals surface area (Å²) in [6.45, 7) is 0. The van der Waals surface area contributed by atoms with E-state index in [1.54, 1.807) is 12.1 Å². The molecule has 0 fully saturated rings. The zero-order valence-corrected chi connectivity index (χ0v) is 9.90. The first-order valence-corrected chi connectivity index (χ1v) is 5.01. The second-order valence-corrected chi connectivity index (χ2v) is 3.68. The largest absolute Gasteiger partial charge is 0.275 e. The van der Waals surface area contributed by atoms with Crippen molar-refractivity contribution < 1.29 is 0 Å². The maximum Gasteiger partial charge on any atom is 0.237 e. The monoisotopic (exact) mass is 272 g/mol.